The molecular weight excluding hydrogens is 394 g/mol. The third-order valence-electron chi connectivity index (χ3n) is 6.32. The Morgan fingerprint density at radius 1 is 1.20 bits per heavy atom. The first-order chi connectivity index (χ1) is 14.5. The third kappa shape index (κ3) is 3.34. The molecule has 2 aliphatic rings. The number of fused-ring (bicyclic) bond motifs is 2. The van der Waals surface area contributed by atoms with Crippen LogP contribution in [0.25, 0.3) is 10.2 Å². The number of nitrogens with zero attached hydrogens (tertiary/aromatic N) is 2. The topological polar surface area (TPSA) is 54.7 Å². The van der Waals surface area contributed by atoms with E-state index in [0.29, 0.717) is 24.1 Å². The van der Waals surface area contributed by atoms with Gasteiger partial charge in [0, 0.05) is 0 Å². The van der Waals surface area contributed by atoms with Gasteiger partial charge in [-0.15, -0.1) is 11.3 Å². The summed E-state index contributed by atoms with van der Waals surface area (Å²) in [6, 6.07) is 14.2. The minimum Gasteiger partial charge on any atom is -0.317 e. The summed E-state index contributed by atoms with van der Waals surface area (Å²) >= 11 is 1.78. The van der Waals surface area contributed by atoms with E-state index in [2.05, 4.69) is 32.0 Å². The van der Waals surface area contributed by atoms with Crippen molar-refractivity contribution in [1.82, 2.24) is 4.98 Å². The van der Waals surface area contributed by atoms with Crippen LogP contribution in [0.1, 0.15) is 59.5 Å². The number of ketones is 1. The standard InChI is InChI=1S/C24H25N3O2S/c1-15(2)16-9-10-20-18(12-16)22(28)24(29)27(20)14-26-11-5-6-17(13-26)23-25-19-7-3-4-8-21(19)30-23/h3-4,7-10,12,15,17H,5-6,11,13-14H2,1-2H3/p+1/t17-/m0/s1. The molecule has 1 unspecified atom stereocenters. The highest BCUT2D eigenvalue weighted by molar-refractivity contribution is 7.18. The fourth-order valence-corrected chi connectivity index (χ4v) is 5.73. The molecular formula is C24H26N3O2S+. The highest BCUT2D eigenvalue weighted by atomic mass is 32.1. The molecule has 1 saturated heterocycles. The second-order valence-corrected chi connectivity index (χ2v) is 9.78. The van der Waals surface area contributed by atoms with E-state index in [1.165, 1.54) is 14.6 Å². The van der Waals surface area contributed by atoms with Crippen molar-refractivity contribution in [2.75, 3.05) is 24.7 Å². The number of anilines is 1. The van der Waals surface area contributed by atoms with Gasteiger partial charge in [-0.2, -0.15) is 0 Å². The molecule has 154 valence electrons. The fraction of sp³-hybridized carbons (Fsp3) is 0.375. The molecule has 3 aromatic rings. The van der Waals surface area contributed by atoms with Crippen molar-refractivity contribution < 1.29 is 14.5 Å². The molecule has 2 atom stereocenters. The number of carbonyl (C=O) groups excluding carboxylic acids is 2. The minimum absolute atomic E-state index is 0.328. The first kappa shape index (κ1) is 19.4. The van der Waals surface area contributed by atoms with E-state index in [1.807, 2.05) is 24.3 Å². The minimum atomic E-state index is -0.388. The predicted molar refractivity (Wildman–Crippen MR) is 120 cm³/mol. The van der Waals surface area contributed by atoms with Gasteiger partial charge >= 0.3 is 5.91 Å². The number of nitrogens with one attached hydrogen (secondary N) is 1. The second kappa shape index (κ2) is 7.60. The van der Waals surface area contributed by atoms with Crippen molar-refractivity contribution in [3.63, 3.8) is 0 Å². The molecule has 0 spiro atoms. The van der Waals surface area contributed by atoms with E-state index in [1.54, 1.807) is 16.2 Å². The van der Waals surface area contributed by atoms with Crippen LogP contribution in [0.2, 0.25) is 0 Å². The molecule has 3 heterocycles. The molecule has 2 aromatic carbocycles. The molecule has 1 amide bonds. The monoisotopic (exact) mass is 420 g/mol. The van der Waals surface area contributed by atoms with Gasteiger partial charge in [-0.25, -0.2) is 4.98 Å². The molecule has 6 heteroatoms. The van der Waals surface area contributed by atoms with Gasteiger partial charge in [0.1, 0.15) is 5.01 Å². The van der Waals surface area contributed by atoms with Gasteiger partial charge in [-0.3, -0.25) is 14.5 Å². The summed E-state index contributed by atoms with van der Waals surface area (Å²) in [7, 11) is 0. The van der Waals surface area contributed by atoms with Crippen LogP contribution in [-0.2, 0) is 4.79 Å². The van der Waals surface area contributed by atoms with Gasteiger partial charge in [0.25, 0.3) is 5.78 Å². The Balaban J connectivity index is 1.36. The number of hydrogen-bond donors (Lipinski definition) is 1. The molecule has 5 nitrogen and oxygen atoms in total. The van der Waals surface area contributed by atoms with Crippen LogP contribution in [0.15, 0.2) is 42.5 Å². The Morgan fingerprint density at radius 3 is 2.83 bits per heavy atom. The molecule has 0 radical (unpaired) electrons. The lowest BCUT2D eigenvalue weighted by atomic mass is 9.99. The highest BCUT2D eigenvalue weighted by Gasteiger charge is 2.39. The largest absolute Gasteiger partial charge is 0.317 e. The molecule has 2 aliphatic heterocycles. The lowest BCUT2D eigenvalue weighted by molar-refractivity contribution is -0.905. The van der Waals surface area contributed by atoms with Crippen molar-refractivity contribution in [1.29, 1.82) is 0 Å². The fourth-order valence-electron chi connectivity index (χ4n) is 4.63. The molecule has 1 fully saturated rings. The van der Waals surface area contributed by atoms with E-state index >= 15 is 0 Å². The number of benzene rings is 2. The number of Topliss-reactive ketones (excluding diaryl/α,β-unsaturated/α-hetero) is 1. The van der Waals surface area contributed by atoms with Gasteiger partial charge in [0.15, 0.2) is 6.67 Å². The summed E-state index contributed by atoms with van der Waals surface area (Å²) in [5, 5.41) is 1.19. The van der Waals surface area contributed by atoms with E-state index in [0.717, 1.165) is 42.7 Å². The first-order valence-corrected chi connectivity index (χ1v) is 11.5. The molecule has 1 aromatic heterocycles. The Hall–Kier alpha value is -2.57. The number of quaternary nitrogens is 1. The number of hydrogen-bond acceptors (Lipinski definition) is 4. The summed E-state index contributed by atoms with van der Waals surface area (Å²) in [6.45, 7) is 6.69. The number of piperidine rings is 1. The summed E-state index contributed by atoms with van der Waals surface area (Å²) in [6.07, 6.45) is 2.23. The average Bonchev–Trinajstić information content (AvgIpc) is 3.29. The number of likely N-dealkylation sites (tertiary alicyclic amines) is 1. The van der Waals surface area contributed by atoms with Crippen molar-refractivity contribution in [2.45, 2.75) is 38.5 Å². The third-order valence-corrected chi connectivity index (χ3v) is 7.52. The molecule has 1 N–H and O–H groups in total. The highest BCUT2D eigenvalue weighted by Crippen LogP contribution is 2.32. The number of thiazole rings is 1. The summed E-state index contributed by atoms with van der Waals surface area (Å²) < 4.78 is 1.23. The maximum atomic E-state index is 12.7. The van der Waals surface area contributed by atoms with Crippen molar-refractivity contribution in [3.05, 3.63) is 58.6 Å². The lowest BCUT2D eigenvalue weighted by Crippen LogP contribution is -3.15. The van der Waals surface area contributed by atoms with Gasteiger partial charge in [-0.05, 0) is 48.6 Å². The van der Waals surface area contributed by atoms with Crippen LogP contribution < -0.4 is 9.80 Å². The maximum Gasteiger partial charge on any atom is 0.303 e. The van der Waals surface area contributed by atoms with Crippen LogP contribution in [0.4, 0.5) is 5.69 Å². The number of para-hydroxylation sites is 1. The van der Waals surface area contributed by atoms with Gasteiger partial charge < -0.3 is 4.90 Å². The summed E-state index contributed by atoms with van der Waals surface area (Å²) in [5.41, 5.74) is 3.49. The van der Waals surface area contributed by atoms with Crippen LogP contribution in [0.5, 0.6) is 0 Å². The van der Waals surface area contributed by atoms with Crippen LogP contribution in [0, 0.1) is 0 Å². The van der Waals surface area contributed by atoms with Crippen LogP contribution in [0.3, 0.4) is 0 Å². The zero-order chi connectivity index (χ0) is 20.8. The zero-order valence-electron chi connectivity index (χ0n) is 17.4. The average molecular weight is 421 g/mol. The van der Waals surface area contributed by atoms with E-state index in [-0.39, 0.29) is 11.7 Å². The normalized spacial score (nSPS) is 21.6. The number of aromatic nitrogens is 1. The first-order valence-electron chi connectivity index (χ1n) is 10.7. The van der Waals surface area contributed by atoms with E-state index in [4.69, 9.17) is 4.98 Å². The molecule has 0 bridgehead atoms. The van der Waals surface area contributed by atoms with E-state index in [9.17, 15) is 9.59 Å². The zero-order valence-corrected chi connectivity index (χ0v) is 18.2. The number of carbonyl (C=O) groups is 2. The maximum absolute atomic E-state index is 12.7. The Kier molecular flexibility index (Phi) is 4.91. The number of rotatable bonds is 4. The Morgan fingerprint density at radius 2 is 2.03 bits per heavy atom. The lowest BCUT2D eigenvalue weighted by Gasteiger charge is -2.31. The van der Waals surface area contributed by atoms with Crippen molar-refractivity contribution >= 4 is 38.9 Å². The van der Waals surface area contributed by atoms with Crippen LogP contribution >= 0.6 is 11.3 Å². The molecule has 0 saturated carbocycles. The Bertz CT molecular complexity index is 1100. The smallest absolute Gasteiger partial charge is 0.303 e. The Labute approximate surface area is 180 Å². The van der Waals surface area contributed by atoms with Crippen molar-refractivity contribution in [2.24, 2.45) is 0 Å². The summed E-state index contributed by atoms with van der Waals surface area (Å²) in [5.74, 6) is -0.0240. The SMILES string of the molecule is CC(C)c1ccc2c(c1)C(=O)C(=O)N2C[NH+]1CCC[C@H](c2nc3ccccc3s2)C1. The molecule has 5 rings (SSSR count). The predicted octanol–water partition coefficient (Wildman–Crippen LogP) is 3.37. The van der Waals surface area contributed by atoms with E-state index < -0.39 is 0 Å². The summed E-state index contributed by atoms with van der Waals surface area (Å²) in [4.78, 5) is 33.2. The molecule has 30 heavy (non-hydrogen) atoms. The second-order valence-electron chi connectivity index (χ2n) is 8.71. The van der Waals surface area contributed by atoms with Crippen molar-refractivity contribution in [3.8, 4) is 0 Å². The van der Waals surface area contributed by atoms with Gasteiger partial charge in [-0.1, -0.05) is 32.0 Å². The van der Waals surface area contributed by atoms with Gasteiger partial charge in [0.05, 0.1) is 40.5 Å². The van der Waals surface area contributed by atoms with Gasteiger partial charge in [0.2, 0.25) is 0 Å². The number of amides is 1. The quantitative estimate of drug-likeness (QED) is 0.659. The molecule has 0 aliphatic carbocycles. The van der Waals surface area contributed by atoms with Crippen LogP contribution in [-0.4, -0.2) is 36.4 Å².